The van der Waals surface area contributed by atoms with Crippen molar-refractivity contribution >= 4 is 29.3 Å². The first-order valence-electron chi connectivity index (χ1n) is 10.3. The van der Waals surface area contributed by atoms with Crippen LogP contribution in [0.4, 0.5) is 5.69 Å². The zero-order valence-corrected chi connectivity index (χ0v) is 18.0. The minimum absolute atomic E-state index is 0.0199. The van der Waals surface area contributed by atoms with E-state index in [1.807, 2.05) is 46.2 Å². The summed E-state index contributed by atoms with van der Waals surface area (Å²) < 4.78 is -0.177. The summed E-state index contributed by atoms with van der Waals surface area (Å²) in [5.41, 5.74) is 4.11. The number of rotatable bonds is 3. The van der Waals surface area contributed by atoms with Crippen LogP contribution in [0.25, 0.3) is 0 Å². The highest BCUT2D eigenvalue weighted by molar-refractivity contribution is 8.02. The lowest BCUT2D eigenvalue weighted by Crippen LogP contribution is -2.50. The molecule has 0 bridgehead atoms. The van der Waals surface area contributed by atoms with Crippen molar-refractivity contribution < 1.29 is 9.59 Å². The van der Waals surface area contributed by atoms with Gasteiger partial charge in [-0.15, -0.1) is 11.8 Å². The second kappa shape index (κ2) is 6.36. The van der Waals surface area contributed by atoms with Crippen molar-refractivity contribution in [1.29, 1.82) is 0 Å². The fourth-order valence-corrected chi connectivity index (χ4v) is 6.34. The van der Waals surface area contributed by atoms with Gasteiger partial charge >= 0.3 is 0 Å². The number of hydrogen-bond acceptors (Lipinski definition) is 3. The van der Waals surface area contributed by atoms with E-state index < -0.39 is 4.87 Å². The molecule has 1 aliphatic carbocycles. The highest BCUT2D eigenvalue weighted by atomic mass is 32.2. The van der Waals surface area contributed by atoms with Gasteiger partial charge in [-0.05, 0) is 45.2 Å². The quantitative estimate of drug-likeness (QED) is 0.756. The van der Waals surface area contributed by atoms with Crippen LogP contribution in [0.1, 0.15) is 43.4 Å². The van der Waals surface area contributed by atoms with Crippen molar-refractivity contribution in [2.45, 2.75) is 49.8 Å². The average Bonchev–Trinajstić information content (AvgIpc) is 3.46. The summed E-state index contributed by atoms with van der Waals surface area (Å²) in [6, 6.07) is 16.3. The zero-order chi connectivity index (χ0) is 20.4. The Hall–Kier alpha value is -2.27. The molecule has 29 heavy (non-hydrogen) atoms. The van der Waals surface area contributed by atoms with Gasteiger partial charge in [0.2, 0.25) is 5.91 Å². The molecule has 0 unspecified atom stereocenters. The largest absolute Gasteiger partial charge is 0.314 e. The summed E-state index contributed by atoms with van der Waals surface area (Å²) in [6.07, 6.45) is 1.89. The second-order valence-corrected chi connectivity index (χ2v) is 11.0. The van der Waals surface area contributed by atoms with Crippen molar-refractivity contribution in [3.63, 3.8) is 0 Å². The molecule has 3 aliphatic rings. The van der Waals surface area contributed by atoms with Gasteiger partial charge in [-0.25, -0.2) is 0 Å². The minimum Gasteiger partial charge on any atom is -0.314 e. The Labute approximate surface area is 176 Å². The molecule has 0 N–H and O–H groups in total. The van der Waals surface area contributed by atoms with Gasteiger partial charge < -0.3 is 9.80 Å². The molecule has 2 aromatic rings. The molecule has 1 saturated heterocycles. The smallest absolute Gasteiger partial charge is 0.268 e. The number of fused-ring (bicyclic) bond motifs is 2. The van der Waals surface area contributed by atoms with Gasteiger partial charge in [0.1, 0.15) is 0 Å². The molecule has 150 valence electrons. The molecule has 1 spiro atoms. The molecule has 1 saturated carbocycles. The van der Waals surface area contributed by atoms with E-state index in [2.05, 4.69) is 32.9 Å². The summed E-state index contributed by atoms with van der Waals surface area (Å²) in [4.78, 5) is 30.2. The lowest BCUT2D eigenvalue weighted by Gasteiger charge is -2.33. The highest BCUT2D eigenvalue weighted by Crippen LogP contribution is 2.60. The molecule has 5 heteroatoms. The second-order valence-electron chi connectivity index (χ2n) is 9.10. The Morgan fingerprint density at radius 2 is 1.86 bits per heavy atom. The normalized spacial score (nSPS) is 25.0. The lowest BCUT2D eigenvalue weighted by atomic mass is 10.0. The van der Waals surface area contributed by atoms with Crippen LogP contribution in [0.5, 0.6) is 0 Å². The molecule has 0 aromatic heterocycles. The maximum atomic E-state index is 14.1. The number of hydrogen-bond donors (Lipinski definition) is 0. The monoisotopic (exact) mass is 406 g/mol. The first-order chi connectivity index (χ1) is 13.8. The SMILES string of the molecule is Cc1ccc2c(c1)[C@]1(SC(C)(C)CN1C(=O)C1CC1)C(=O)N2Cc1ccccc1. The van der Waals surface area contributed by atoms with Crippen LogP contribution >= 0.6 is 11.8 Å². The van der Waals surface area contributed by atoms with Crippen LogP contribution in [0, 0.1) is 12.8 Å². The Balaban J connectivity index is 1.65. The van der Waals surface area contributed by atoms with Crippen molar-refractivity contribution in [1.82, 2.24) is 4.90 Å². The van der Waals surface area contributed by atoms with E-state index in [1.54, 1.807) is 11.8 Å². The van der Waals surface area contributed by atoms with Crippen LogP contribution in [0.15, 0.2) is 48.5 Å². The lowest BCUT2D eigenvalue weighted by molar-refractivity contribution is -0.141. The summed E-state index contributed by atoms with van der Waals surface area (Å²) in [5.74, 6) is 0.252. The predicted octanol–water partition coefficient (Wildman–Crippen LogP) is 4.46. The maximum Gasteiger partial charge on any atom is 0.268 e. The van der Waals surface area contributed by atoms with Crippen molar-refractivity contribution in [2.24, 2.45) is 5.92 Å². The summed E-state index contributed by atoms with van der Waals surface area (Å²) >= 11 is 1.65. The number of aryl methyl sites for hydroxylation is 1. The van der Waals surface area contributed by atoms with E-state index in [9.17, 15) is 9.59 Å². The fraction of sp³-hybridized carbons (Fsp3) is 0.417. The topological polar surface area (TPSA) is 40.6 Å². The molecular weight excluding hydrogens is 380 g/mol. The molecule has 2 aliphatic heterocycles. The minimum atomic E-state index is -0.945. The van der Waals surface area contributed by atoms with Crippen molar-refractivity contribution in [3.8, 4) is 0 Å². The number of carbonyl (C=O) groups is 2. The van der Waals surface area contributed by atoms with Crippen LogP contribution in [-0.4, -0.2) is 28.0 Å². The van der Waals surface area contributed by atoms with Gasteiger partial charge in [-0.1, -0.05) is 48.0 Å². The summed E-state index contributed by atoms with van der Waals surface area (Å²) in [6.45, 7) is 7.45. The third-order valence-electron chi connectivity index (χ3n) is 6.06. The third-order valence-corrected chi connectivity index (χ3v) is 7.65. The highest BCUT2D eigenvalue weighted by Gasteiger charge is 2.64. The third kappa shape index (κ3) is 2.90. The van der Waals surface area contributed by atoms with Crippen molar-refractivity contribution in [3.05, 3.63) is 65.2 Å². The van der Waals surface area contributed by atoms with Gasteiger partial charge in [-0.2, -0.15) is 0 Å². The van der Waals surface area contributed by atoms with Crippen LogP contribution in [-0.2, 0) is 21.0 Å². The number of amides is 2. The maximum absolute atomic E-state index is 14.1. The summed E-state index contributed by atoms with van der Waals surface area (Å²) in [7, 11) is 0. The number of nitrogens with zero attached hydrogens (tertiary/aromatic N) is 2. The zero-order valence-electron chi connectivity index (χ0n) is 17.1. The van der Waals surface area contributed by atoms with Gasteiger partial charge in [0.05, 0.1) is 12.2 Å². The fourth-order valence-electron chi connectivity index (χ4n) is 4.61. The van der Waals surface area contributed by atoms with E-state index in [0.717, 1.165) is 35.2 Å². The number of carbonyl (C=O) groups excluding carboxylic acids is 2. The first-order valence-corrected chi connectivity index (χ1v) is 11.1. The molecule has 2 aromatic carbocycles. The van der Waals surface area contributed by atoms with E-state index in [4.69, 9.17) is 0 Å². The Morgan fingerprint density at radius 3 is 2.55 bits per heavy atom. The Morgan fingerprint density at radius 1 is 1.14 bits per heavy atom. The average molecular weight is 407 g/mol. The molecule has 5 rings (SSSR count). The van der Waals surface area contributed by atoms with Crippen LogP contribution in [0.3, 0.4) is 0 Å². The van der Waals surface area contributed by atoms with Gasteiger partial charge in [0.15, 0.2) is 4.87 Å². The van der Waals surface area contributed by atoms with Crippen LogP contribution < -0.4 is 4.90 Å². The number of anilines is 1. The standard InChI is InChI=1S/C24H26N2O2S/c1-16-9-12-20-19(13-16)24(22(28)25(20)14-17-7-5-4-6-8-17)26(15-23(2,3)29-24)21(27)18-10-11-18/h4-9,12-13,18H,10-11,14-15H2,1-3H3/t24-/m0/s1. The molecule has 2 heterocycles. The van der Waals surface area contributed by atoms with Gasteiger partial charge in [0, 0.05) is 22.8 Å². The molecule has 4 nitrogen and oxygen atoms in total. The van der Waals surface area contributed by atoms with Crippen molar-refractivity contribution in [2.75, 3.05) is 11.4 Å². The first kappa shape index (κ1) is 18.7. The number of thioether (sulfide) groups is 1. The molecular formula is C24H26N2O2S. The molecule has 2 fully saturated rings. The van der Waals surface area contributed by atoms with Gasteiger partial charge in [-0.3, -0.25) is 9.59 Å². The molecule has 0 radical (unpaired) electrons. The van der Waals surface area contributed by atoms with Gasteiger partial charge in [0.25, 0.3) is 5.91 Å². The van der Waals surface area contributed by atoms with Crippen LogP contribution in [0.2, 0.25) is 0 Å². The van der Waals surface area contributed by atoms with E-state index in [0.29, 0.717) is 13.1 Å². The number of benzene rings is 2. The van der Waals surface area contributed by atoms with E-state index in [-0.39, 0.29) is 22.5 Å². The Kier molecular flexibility index (Phi) is 4.11. The molecule has 1 atom stereocenters. The van der Waals surface area contributed by atoms with E-state index >= 15 is 0 Å². The summed E-state index contributed by atoms with van der Waals surface area (Å²) in [5, 5.41) is 0. The van der Waals surface area contributed by atoms with E-state index in [1.165, 1.54) is 0 Å². The molecule has 2 amide bonds. The predicted molar refractivity (Wildman–Crippen MR) is 117 cm³/mol. The Bertz CT molecular complexity index is 999.